The Morgan fingerprint density at radius 3 is 2.48 bits per heavy atom. The Balaban J connectivity index is 1.69. The standard InChI is InChI=1S/C20H19N3O2/c1-13-18(20(25)23(22(13)2)15-9-4-3-5-10-15)21-17-12-14-8-6-7-11-16(14)19(17)24/h3-11,20,25H,12H2,1-2H3. The monoisotopic (exact) mass is 333 g/mol. The third-order valence-corrected chi connectivity index (χ3v) is 4.81. The molecule has 0 spiro atoms. The zero-order chi connectivity index (χ0) is 17.6. The maximum atomic E-state index is 12.6. The van der Waals surface area contributed by atoms with Crippen LogP contribution in [-0.4, -0.2) is 34.9 Å². The van der Waals surface area contributed by atoms with Crippen molar-refractivity contribution >= 4 is 17.2 Å². The number of anilines is 1. The van der Waals surface area contributed by atoms with E-state index >= 15 is 0 Å². The molecule has 25 heavy (non-hydrogen) atoms. The lowest BCUT2D eigenvalue weighted by molar-refractivity contribution is 0.106. The summed E-state index contributed by atoms with van der Waals surface area (Å²) < 4.78 is 0. The number of carbonyl (C=O) groups is 1. The van der Waals surface area contributed by atoms with E-state index in [1.54, 1.807) is 5.01 Å². The second-order valence-corrected chi connectivity index (χ2v) is 6.27. The van der Waals surface area contributed by atoms with Crippen LogP contribution in [0.2, 0.25) is 0 Å². The molecule has 2 aromatic carbocycles. The average molecular weight is 333 g/mol. The molecule has 1 N–H and O–H groups in total. The number of benzene rings is 2. The molecule has 5 nitrogen and oxygen atoms in total. The number of para-hydroxylation sites is 1. The van der Waals surface area contributed by atoms with E-state index in [1.165, 1.54) is 0 Å². The summed E-state index contributed by atoms with van der Waals surface area (Å²) >= 11 is 0. The van der Waals surface area contributed by atoms with Crippen molar-refractivity contribution in [2.45, 2.75) is 19.6 Å². The van der Waals surface area contributed by atoms with Gasteiger partial charge in [0.05, 0.1) is 17.1 Å². The Morgan fingerprint density at radius 2 is 1.76 bits per heavy atom. The summed E-state index contributed by atoms with van der Waals surface area (Å²) in [4.78, 5) is 17.1. The van der Waals surface area contributed by atoms with E-state index in [0.29, 0.717) is 23.4 Å². The molecule has 1 aliphatic heterocycles. The van der Waals surface area contributed by atoms with Gasteiger partial charge in [0.15, 0.2) is 6.23 Å². The number of nitrogens with zero attached hydrogens (tertiary/aromatic N) is 3. The smallest absolute Gasteiger partial charge is 0.207 e. The number of rotatable bonds is 2. The number of aliphatic imine (C=N–C) groups is 1. The number of allylic oxidation sites excluding steroid dienone is 1. The lowest BCUT2D eigenvalue weighted by atomic mass is 10.1. The van der Waals surface area contributed by atoms with Crippen molar-refractivity contribution in [1.29, 1.82) is 0 Å². The van der Waals surface area contributed by atoms with Crippen molar-refractivity contribution in [3.8, 4) is 0 Å². The SMILES string of the molecule is CC1=C(N=C2Cc3ccccc3C2=O)C(O)N(c2ccccc2)N1C. The lowest BCUT2D eigenvalue weighted by Crippen LogP contribution is -2.40. The molecule has 0 saturated heterocycles. The summed E-state index contributed by atoms with van der Waals surface area (Å²) in [6, 6.07) is 17.2. The Kier molecular flexibility index (Phi) is 3.66. The largest absolute Gasteiger partial charge is 0.367 e. The van der Waals surface area contributed by atoms with Crippen LogP contribution >= 0.6 is 0 Å². The zero-order valence-electron chi connectivity index (χ0n) is 14.2. The highest BCUT2D eigenvalue weighted by Gasteiger charge is 2.35. The predicted molar refractivity (Wildman–Crippen MR) is 97.3 cm³/mol. The molecule has 0 fully saturated rings. The first-order chi connectivity index (χ1) is 12.1. The molecule has 126 valence electrons. The van der Waals surface area contributed by atoms with Crippen molar-refractivity contribution in [3.05, 3.63) is 77.1 Å². The van der Waals surface area contributed by atoms with Gasteiger partial charge in [-0.3, -0.25) is 14.8 Å². The third-order valence-electron chi connectivity index (χ3n) is 4.81. The van der Waals surface area contributed by atoms with Gasteiger partial charge in [0.25, 0.3) is 0 Å². The molecular formula is C20H19N3O2. The van der Waals surface area contributed by atoms with Gasteiger partial charge in [-0.15, -0.1) is 0 Å². The normalized spacial score (nSPS) is 21.5. The molecule has 4 rings (SSSR count). The maximum Gasteiger partial charge on any atom is 0.207 e. The minimum atomic E-state index is -0.920. The number of carbonyl (C=O) groups excluding carboxylic acids is 1. The number of aliphatic hydroxyl groups excluding tert-OH is 1. The first-order valence-electron chi connectivity index (χ1n) is 8.25. The fraction of sp³-hybridized carbons (Fsp3) is 0.200. The van der Waals surface area contributed by atoms with Crippen LogP contribution in [0.5, 0.6) is 0 Å². The van der Waals surface area contributed by atoms with Crippen LogP contribution in [0, 0.1) is 0 Å². The molecule has 5 heteroatoms. The molecule has 1 heterocycles. The summed E-state index contributed by atoms with van der Waals surface area (Å²) in [5, 5.41) is 14.4. The van der Waals surface area contributed by atoms with E-state index in [0.717, 1.165) is 16.9 Å². The second-order valence-electron chi connectivity index (χ2n) is 6.27. The molecule has 1 unspecified atom stereocenters. The van der Waals surface area contributed by atoms with Gasteiger partial charge in [-0.2, -0.15) is 0 Å². The highest BCUT2D eigenvalue weighted by atomic mass is 16.3. The lowest BCUT2D eigenvalue weighted by Gasteiger charge is -2.31. The van der Waals surface area contributed by atoms with Crippen molar-refractivity contribution in [2.75, 3.05) is 12.1 Å². The van der Waals surface area contributed by atoms with Crippen molar-refractivity contribution in [3.63, 3.8) is 0 Å². The number of hydrogen-bond donors (Lipinski definition) is 1. The van der Waals surface area contributed by atoms with Crippen molar-refractivity contribution in [1.82, 2.24) is 5.01 Å². The Hall–Kier alpha value is -2.92. The fourth-order valence-corrected chi connectivity index (χ4v) is 3.38. The van der Waals surface area contributed by atoms with Crippen LogP contribution in [0.1, 0.15) is 22.8 Å². The van der Waals surface area contributed by atoms with Gasteiger partial charge in [0, 0.05) is 19.0 Å². The van der Waals surface area contributed by atoms with E-state index in [1.807, 2.05) is 73.6 Å². The number of fused-ring (bicyclic) bond motifs is 1. The highest BCUT2D eigenvalue weighted by Crippen LogP contribution is 2.33. The number of hydrogen-bond acceptors (Lipinski definition) is 5. The summed E-state index contributed by atoms with van der Waals surface area (Å²) in [6.45, 7) is 1.90. The molecule has 0 amide bonds. The molecule has 0 aromatic heterocycles. The van der Waals surface area contributed by atoms with Gasteiger partial charge >= 0.3 is 0 Å². The Labute approximate surface area is 146 Å². The molecule has 2 aliphatic rings. The third kappa shape index (κ3) is 2.44. The number of hydrazine groups is 1. The van der Waals surface area contributed by atoms with Gasteiger partial charge in [-0.05, 0) is 24.6 Å². The van der Waals surface area contributed by atoms with E-state index in [4.69, 9.17) is 0 Å². The van der Waals surface area contributed by atoms with E-state index in [-0.39, 0.29) is 5.78 Å². The van der Waals surface area contributed by atoms with Gasteiger partial charge in [-0.25, -0.2) is 4.99 Å². The van der Waals surface area contributed by atoms with Gasteiger partial charge in [-0.1, -0.05) is 42.5 Å². The quantitative estimate of drug-likeness (QED) is 0.918. The molecule has 0 bridgehead atoms. The summed E-state index contributed by atoms with van der Waals surface area (Å²) in [6.07, 6.45) is -0.412. The van der Waals surface area contributed by atoms with Gasteiger partial charge in [0.1, 0.15) is 5.70 Å². The van der Waals surface area contributed by atoms with Crippen LogP contribution in [-0.2, 0) is 6.42 Å². The summed E-state index contributed by atoms with van der Waals surface area (Å²) in [7, 11) is 1.88. The van der Waals surface area contributed by atoms with E-state index in [2.05, 4.69) is 4.99 Å². The predicted octanol–water partition coefficient (Wildman–Crippen LogP) is 2.78. The summed E-state index contributed by atoms with van der Waals surface area (Å²) in [5.41, 5.74) is 4.40. The molecule has 1 atom stereocenters. The first-order valence-corrected chi connectivity index (χ1v) is 8.25. The minimum Gasteiger partial charge on any atom is -0.367 e. The Bertz CT molecular complexity index is 902. The second kappa shape index (κ2) is 5.86. The van der Waals surface area contributed by atoms with Crippen LogP contribution in [0.25, 0.3) is 0 Å². The summed E-state index contributed by atoms with van der Waals surface area (Å²) in [5.74, 6) is -0.0519. The fourth-order valence-electron chi connectivity index (χ4n) is 3.38. The zero-order valence-corrected chi connectivity index (χ0v) is 14.2. The Morgan fingerprint density at radius 1 is 1.08 bits per heavy atom. The molecule has 2 aromatic rings. The van der Waals surface area contributed by atoms with Crippen LogP contribution in [0.15, 0.2) is 71.0 Å². The molecule has 1 aliphatic carbocycles. The number of aliphatic hydroxyl groups is 1. The topological polar surface area (TPSA) is 56.1 Å². The molecule has 0 radical (unpaired) electrons. The molecule has 0 saturated carbocycles. The van der Waals surface area contributed by atoms with Crippen LogP contribution in [0.3, 0.4) is 0 Å². The van der Waals surface area contributed by atoms with E-state index < -0.39 is 6.23 Å². The first kappa shape index (κ1) is 15.6. The molecular weight excluding hydrogens is 314 g/mol. The highest BCUT2D eigenvalue weighted by molar-refractivity contribution is 6.49. The van der Waals surface area contributed by atoms with Gasteiger partial charge in [0.2, 0.25) is 5.78 Å². The van der Waals surface area contributed by atoms with E-state index in [9.17, 15) is 9.90 Å². The number of Topliss-reactive ketones (excluding diaryl/α,β-unsaturated/α-hetero) is 1. The van der Waals surface area contributed by atoms with Crippen molar-refractivity contribution < 1.29 is 9.90 Å². The van der Waals surface area contributed by atoms with Crippen molar-refractivity contribution in [2.24, 2.45) is 4.99 Å². The number of ketones is 1. The minimum absolute atomic E-state index is 0.0519. The van der Waals surface area contributed by atoms with Crippen LogP contribution < -0.4 is 5.01 Å². The van der Waals surface area contributed by atoms with Gasteiger partial charge < -0.3 is 5.11 Å². The maximum absolute atomic E-state index is 12.6. The van der Waals surface area contributed by atoms with Crippen LogP contribution in [0.4, 0.5) is 5.69 Å². The average Bonchev–Trinajstić information content (AvgIpc) is 3.06.